The third-order valence-corrected chi connectivity index (χ3v) is 4.85. The van der Waals surface area contributed by atoms with Gasteiger partial charge in [0, 0.05) is 27.5 Å². The van der Waals surface area contributed by atoms with E-state index in [0.29, 0.717) is 16.8 Å². The molecule has 4 nitrogen and oxygen atoms in total. The van der Waals surface area contributed by atoms with Gasteiger partial charge in [-0.15, -0.1) is 11.8 Å². The van der Waals surface area contributed by atoms with Crippen LogP contribution in [0.3, 0.4) is 0 Å². The van der Waals surface area contributed by atoms with E-state index in [2.05, 4.69) is 17.4 Å². The monoisotopic (exact) mass is 362 g/mol. The number of hydrogen-bond donors (Lipinski definition) is 2. The molecule has 2 amide bonds. The van der Waals surface area contributed by atoms with Crippen LogP contribution in [0.5, 0.6) is 0 Å². The minimum absolute atomic E-state index is 0.228. The normalized spacial score (nSPS) is 10.3. The Labute approximate surface area is 156 Å². The van der Waals surface area contributed by atoms with E-state index >= 15 is 0 Å². The molecule has 5 heteroatoms. The van der Waals surface area contributed by atoms with E-state index < -0.39 is 5.91 Å². The molecule has 0 aliphatic heterocycles. The zero-order valence-electron chi connectivity index (χ0n) is 14.0. The minimum Gasteiger partial charge on any atom is -0.366 e. The van der Waals surface area contributed by atoms with Crippen LogP contribution >= 0.6 is 11.8 Å². The van der Waals surface area contributed by atoms with Crippen molar-refractivity contribution in [1.29, 1.82) is 0 Å². The molecule has 0 unspecified atom stereocenters. The maximum Gasteiger partial charge on any atom is 0.255 e. The van der Waals surface area contributed by atoms with Crippen molar-refractivity contribution in [2.45, 2.75) is 10.6 Å². The number of carbonyl (C=O) groups is 2. The van der Waals surface area contributed by atoms with E-state index in [9.17, 15) is 9.59 Å². The number of thioether (sulfide) groups is 1. The highest BCUT2D eigenvalue weighted by atomic mass is 32.2. The molecule has 0 aliphatic carbocycles. The maximum atomic E-state index is 12.4. The van der Waals surface area contributed by atoms with E-state index in [-0.39, 0.29) is 5.91 Å². The number of benzene rings is 3. The molecule has 0 aromatic heterocycles. The molecular weight excluding hydrogens is 344 g/mol. The second-order valence-electron chi connectivity index (χ2n) is 5.70. The zero-order chi connectivity index (χ0) is 18.4. The lowest BCUT2D eigenvalue weighted by atomic mass is 10.1. The van der Waals surface area contributed by atoms with Crippen LogP contribution in [0.15, 0.2) is 83.8 Å². The predicted molar refractivity (Wildman–Crippen MR) is 105 cm³/mol. The van der Waals surface area contributed by atoms with Gasteiger partial charge in [0.25, 0.3) is 5.91 Å². The van der Waals surface area contributed by atoms with Gasteiger partial charge in [-0.05, 0) is 48.0 Å². The molecular formula is C21H18N2O2S. The summed E-state index contributed by atoms with van der Waals surface area (Å²) in [6.07, 6.45) is 0. The van der Waals surface area contributed by atoms with E-state index in [1.165, 1.54) is 4.90 Å². The van der Waals surface area contributed by atoms with Gasteiger partial charge in [-0.1, -0.05) is 36.4 Å². The van der Waals surface area contributed by atoms with Crippen molar-refractivity contribution in [3.8, 4) is 0 Å². The molecule has 3 N–H and O–H groups in total. The van der Waals surface area contributed by atoms with Crippen LogP contribution in [0.1, 0.15) is 26.3 Å². The van der Waals surface area contributed by atoms with E-state index in [0.717, 1.165) is 11.3 Å². The van der Waals surface area contributed by atoms with Gasteiger partial charge in [0.05, 0.1) is 0 Å². The van der Waals surface area contributed by atoms with Crippen molar-refractivity contribution in [2.75, 3.05) is 5.32 Å². The summed E-state index contributed by atoms with van der Waals surface area (Å²) in [4.78, 5) is 24.8. The summed E-state index contributed by atoms with van der Waals surface area (Å²) in [5, 5.41) is 2.78. The number of primary amides is 1. The minimum atomic E-state index is -0.527. The average Bonchev–Trinajstić information content (AvgIpc) is 2.68. The second kappa shape index (κ2) is 8.36. The third kappa shape index (κ3) is 4.74. The lowest BCUT2D eigenvalue weighted by Gasteiger charge is -2.07. The third-order valence-electron chi connectivity index (χ3n) is 3.77. The lowest BCUT2D eigenvalue weighted by Crippen LogP contribution is -2.14. The van der Waals surface area contributed by atoms with Crippen LogP contribution < -0.4 is 11.1 Å². The van der Waals surface area contributed by atoms with Crippen LogP contribution in [-0.2, 0) is 5.75 Å². The fraction of sp³-hybridized carbons (Fsp3) is 0.0476. The number of amides is 2. The van der Waals surface area contributed by atoms with Crippen molar-refractivity contribution < 1.29 is 9.59 Å². The summed E-state index contributed by atoms with van der Waals surface area (Å²) in [6.45, 7) is 0. The molecule has 26 heavy (non-hydrogen) atoms. The Morgan fingerprint density at radius 3 is 2.27 bits per heavy atom. The SMILES string of the molecule is NC(=O)c1cccc(NC(=O)c2ccc(CSc3ccccc3)cc2)c1. The molecule has 3 aromatic carbocycles. The Balaban J connectivity index is 1.61. The van der Waals surface area contributed by atoms with Crippen molar-refractivity contribution in [3.05, 3.63) is 95.6 Å². The van der Waals surface area contributed by atoms with Crippen LogP contribution in [0, 0.1) is 0 Å². The first-order valence-corrected chi connectivity index (χ1v) is 9.08. The molecule has 0 bridgehead atoms. The number of nitrogens with one attached hydrogen (secondary N) is 1. The number of nitrogens with two attached hydrogens (primary N) is 1. The molecule has 0 fully saturated rings. The highest BCUT2D eigenvalue weighted by Crippen LogP contribution is 2.22. The largest absolute Gasteiger partial charge is 0.366 e. The Bertz CT molecular complexity index is 909. The highest BCUT2D eigenvalue weighted by molar-refractivity contribution is 7.98. The van der Waals surface area contributed by atoms with Crippen molar-refractivity contribution in [1.82, 2.24) is 0 Å². The van der Waals surface area contributed by atoms with Crippen molar-refractivity contribution in [2.24, 2.45) is 5.73 Å². The molecule has 130 valence electrons. The van der Waals surface area contributed by atoms with Gasteiger partial charge >= 0.3 is 0 Å². The Morgan fingerprint density at radius 1 is 0.846 bits per heavy atom. The lowest BCUT2D eigenvalue weighted by molar-refractivity contribution is 0.0996. The van der Waals surface area contributed by atoms with E-state index in [1.807, 2.05) is 30.3 Å². The van der Waals surface area contributed by atoms with Gasteiger partial charge < -0.3 is 11.1 Å². The summed E-state index contributed by atoms with van der Waals surface area (Å²) >= 11 is 1.75. The molecule has 0 spiro atoms. The summed E-state index contributed by atoms with van der Waals surface area (Å²) in [5.74, 6) is 0.0855. The van der Waals surface area contributed by atoms with E-state index in [4.69, 9.17) is 5.73 Å². The smallest absolute Gasteiger partial charge is 0.255 e. The second-order valence-corrected chi connectivity index (χ2v) is 6.75. The fourth-order valence-electron chi connectivity index (χ4n) is 2.39. The quantitative estimate of drug-likeness (QED) is 0.641. The van der Waals surface area contributed by atoms with Crippen LogP contribution in [0.4, 0.5) is 5.69 Å². The van der Waals surface area contributed by atoms with E-state index in [1.54, 1.807) is 48.2 Å². The molecule has 3 rings (SSSR count). The van der Waals surface area contributed by atoms with Crippen LogP contribution in [0.25, 0.3) is 0 Å². The maximum absolute atomic E-state index is 12.4. The summed E-state index contributed by atoms with van der Waals surface area (Å²) < 4.78 is 0. The fourth-order valence-corrected chi connectivity index (χ4v) is 3.26. The summed E-state index contributed by atoms with van der Waals surface area (Å²) in [5.41, 5.74) is 7.86. The van der Waals surface area contributed by atoms with Gasteiger partial charge in [0.15, 0.2) is 0 Å². The summed E-state index contributed by atoms with van der Waals surface area (Å²) in [6, 6.07) is 24.2. The Hall–Kier alpha value is -3.05. The standard InChI is InChI=1S/C21H18N2O2S/c22-20(24)17-5-4-6-18(13-17)23-21(25)16-11-9-15(10-12-16)14-26-19-7-2-1-3-8-19/h1-13H,14H2,(H2,22,24)(H,23,25). The number of carbonyl (C=O) groups excluding carboxylic acids is 2. The first-order valence-electron chi connectivity index (χ1n) is 8.10. The molecule has 0 saturated heterocycles. The van der Waals surface area contributed by atoms with Crippen molar-refractivity contribution >= 4 is 29.3 Å². The summed E-state index contributed by atoms with van der Waals surface area (Å²) in [7, 11) is 0. The van der Waals surface area contributed by atoms with Gasteiger partial charge in [-0.25, -0.2) is 0 Å². The van der Waals surface area contributed by atoms with Gasteiger partial charge in [-0.2, -0.15) is 0 Å². The molecule has 0 radical (unpaired) electrons. The van der Waals surface area contributed by atoms with Crippen molar-refractivity contribution in [3.63, 3.8) is 0 Å². The number of anilines is 1. The van der Waals surface area contributed by atoms with Crippen LogP contribution in [-0.4, -0.2) is 11.8 Å². The van der Waals surface area contributed by atoms with Crippen LogP contribution in [0.2, 0.25) is 0 Å². The Morgan fingerprint density at radius 2 is 1.58 bits per heavy atom. The van der Waals surface area contributed by atoms with Gasteiger partial charge in [0.2, 0.25) is 5.91 Å². The van der Waals surface area contributed by atoms with Gasteiger partial charge in [0.1, 0.15) is 0 Å². The first kappa shape index (κ1) is 17.8. The molecule has 0 heterocycles. The molecule has 3 aromatic rings. The number of rotatable bonds is 6. The number of hydrogen-bond acceptors (Lipinski definition) is 3. The zero-order valence-corrected chi connectivity index (χ0v) is 14.8. The molecule has 0 saturated carbocycles. The Kier molecular flexibility index (Phi) is 5.71. The first-order chi connectivity index (χ1) is 12.6. The molecule has 0 atom stereocenters. The topological polar surface area (TPSA) is 72.2 Å². The molecule has 0 aliphatic rings. The highest BCUT2D eigenvalue weighted by Gasteiger charge is 2.08. The predicted octanol–water partition coefficient (Wildman–Crippen LogP) is 4.33. The van der Waals surface area contributed by atoms with Gasteiger partial charge in [-0.3, -0.25) is 9.59 Å². The average molecular weight is 362 g/mol.